The maximum absolute atomic E-state index is 12.1. The number of nitrogens with one attached hydrogen (secondary N) is 2. The van der Waals surface area contributed by atoms with Crippen LogP contribution in [-0.4, -0.2) is 47.5 Å². The highest BCUT2D eigenvalue weighted by molar-refractivity contribution is 5.89. The Bertz CT molecular complexity index is 915. The molecule has 10 heteroatoms. The molecule has 0 atom stereocenters. The number of benzene rings is 1. The van der Waals surface area contributed by atoms with Crippen LogP contribution in [0.3, 0.4) is 0 Å². The second-order valence-electron chi connectivity index (χ2n) is 6.05. The molecule has 3 aromatic rings. The van der Waals surface area contributed by atoms with Crippen LogP contribution in [0.5, 0.6) is 0 Å². The maximum Gasteiger partial charge on any atom is 0.319 e. The predicted octanol–water partition coefficient (Wildman–Crippen LogP) is 1.78. The molecule has 2 aromatic heterocycles. The van der Waals surface area contributed by atoms with Gasteiger partial charge in [-0.15, -0.1) is 10.2 Å². The molecular formula is C17H23N9O. The first-order chi connectivity index (χ1) is 13.0. The minimum absolute atomic E-state index is 0.260. The highest BCUT2D eigenvalue weighted by Gasteiger charge is 2.08. The van der Waals surface area contributed by atoms with Crippen molar-refractivity contribution in [3.63, 3.8) is 0 Å². The molecule has 142 valence electrons. The van der Waals surface area contributed by atoms with Crippen molar-refractivity contribution in [2.45, 2.75) is 40.3 Å². The van der Waals surface area contributed by atoms with Crippen molar-refractivity contribution in [3.05, 3.63) is 35.9 Å². The van der Waals surface area contributed by atoms with Crippen molar-refractivity contribution in [2.75, 3.05) is 11.9 Å². The van der Waals surface area contributed by atoms with E-state index in [0.29, 0.717) is 31.1 Å². The monoisotopic (exact) mass is 369 g/mol. The third kappa shape index (κ3) is 4.87. The van der Waals surface area contributed by atoms with Crippen LogP contribution in [0.15, 0.2) is 24.3 Å². The van der Waals surface area contributed by atoms with Crippen LogP contribution in [0.1, 0.15) is 25.0 Å². The first-order valence-corrected chi connectivity index (χ1v) is 8.86. The molecule has 0 aliphatic heterocycles. The second kappa shape index (κ2) is 8.39. The van der Waals surface area contributed by atoms with Crippen molar-refractivity contribution in [3.8, 4) is 11.4 Å². The van der Waals surface area contributed by atoms with Crippen molar-refractivity contribution >= 4 is 11.7 Å². The Morgan fingerprint density at radius 3 is 2.78 bits per heavy atom. The molecule has 0 saturated carbocycles. The number of aromatic nitrogens is 7. The van der Waals surface area contributed by atoms with Gasteiger partial charge in [0.2, 0.25) is 5.82 Å². The van der Waals surface area contributed by atoms with Gasteiger partial charge in [-0.1, -0.05) is 12.1 Å². The number of carbonyl (C=O) groups excluding carboxylic acids is 1. The van der Waals surface area contributed by atoms with Gasteiger partial charge in [-0.25, -0.2) is 9.78 Å². The number of nitrogens with zero attached hydrogens (tertiary/aromatic N) is 7. The Balaban J connectivity index is 1.49. The van der Waals surface area contributed by atoms with Crippen LogP contribution in [-0.2, 0) is 13.1 Å². The van der Waals surface area contributed by atoms with E-state index in [4.69, 9.17) is 0 Å². The van der Waals surface area contributed by atoms with Crippen LogP contribution in [0.25, 0.3) is 11.4 Å². The first kappa shape index (κ1) is 18.5. The van der Waals surface area contributed by atoms with Crippen LogP contribution >= 0.6 is 0 Å². The quantitative estimate of drug-likeness (QED) is 0.613. The Labute approximate surface area is 157 Å². The highest BCUT2D eigenvalue weighted by atomic mass is 16.2. The second-order valence-corrected chi connectivity index (χ2v) is 6.05. The van der Waals surface area contributed by atoms with E-state index in [1.54, 1.807) is 0 Å². The van der Waals surface area contributed by atoms with E-state index >= 15 is 0 Å². The molecule has 2 N–H and O–H groups in total. The summed E-state index contributed by atoms with van der Waals surface area (Å²) in [6, 6.07) is 7.09. The Morgan fingerprint density at radius 2 is 2.07 bits per heavy atom. The van der Waals surface area contributed by atoms with E-state index < -0.39 is 0 Å². The van der Waals surface area contributed by atoms with Crippen LogP contribution < -0.4 is 10.6 Å². The topological polar surface area (TPSA) is 115 Å². The highest BCUT2D eigenvalue weighted by Crippen LogP contribution is 2.18. The van der Waals surface area contributed by atoms with E-state index in [1.807, 2.05) is 49.7 Å². The largest absolute Gasteiger partial charge is 0.338 e. The van der Waals surface area contributed by atoms with Crippen molar-refractivity contribution in [1.29, 1.82) is 0 Å². The number of hydrogen-bond acceptors (Lipinski definition) is 6. The zero-order chi connectivity index (χ0) is 19.2. The van der Waals surface area contributed by atoms with Gasteiger partial charge < -0.3 is 10.6 Å². The number of rotatable bonds is 7. The summed E-state index contributed by atoms with van der Waals surface area (Å²) in [7, 11) is 0. The van der Waals surface area contributed by atoms with Gasteiger partial charge >= 0.3 is 6.03 Å². The lowest BCUT2D eigenvalue weighted by Crippen LogP contribution is -2.30. The van der Waals surface area contributed by atoms with E-state index in [2.05, 4.69) is 36.1 Å². The maximum atomic E-state index is 12.1. The summed E-state index contributed by atoms with van der Waals surface area (Å²) in [4.78, 5) is 17.9. The molecule has 10 nitrogen and oxygen atoms in total. The van der Waals surface area contributed by atoms with Crippen LogP contribution in [0, 0.1) is 13.8 Å². The molecule has 0 saturated heterocycles. The van der Waals surface area contributed by atoms with Gasteiger partial charge in [0.05, 0.1) is 6.54 Å². The number of tetrazole rings is 1. The minimum atomic E-state index is -0.260. The fourth-order valence-electron chi connectivity index (χ4n) is 2.61. The smallest absolute Gasteiger partial charge is 0.319 e. The van der Waals surface area contributed by atoms with Crippen molar-refractivity contribution in [1.82, 2.24) is 40.3 Å². The minimum Gasteiger partial charge on any atom is -0.338 e. The summed E-state index contributed by atoms with van der Waals surface area (Å²) in [5.74, 6) is 2.16. The number of urea groups is 1. The van der Waals surface area contributed by atoms with E-state index in [9.17, 15) is 4.79 Å². The fraction of sp³-hybridized carbons (Fsp3) is 0.412. The summed E-state index contributed by atoms with van der Waals surface area (Å²) >= 11 is 0. The molecule has 1 aromatic carbocycles. The number of carbonyl (C=O) groups is 1. The molecular weight excluding hydrogens is 346 g/mol. The Morgan fingerprint density at radius 1 is 1.22 bits per heavy atom. The van der Waals surface area contributed by atoms with Crippen LogP contribution in [0.2, 0.25) is 0 Å². The summed E-state index contributed by atoms with van der Waals surface area (Å²) in [5, 5.41) is 22.2. The van der Waals surface area contributed by atoms with E-state index in [0.717, 1.165) is 23.6 Å². The third-order valence-electron chi connectivity index (χ3n) is 3.91. The average molecular weight is 369 g/mol. The number of hydrogen-bond donors (Lipinski definition) is 2. The standard InChI is InChI=1S/C17H23N9O/c1-4-26-23-16(21-24-26)14-7-5-8-15(11-14)20-17(27)18-9-6-10-25-13(3)19-12(2)22-25/h5,7-8,11H,4,6,9-10H2,1-3H3,(H2,18,20,27). The summed E-state index contributed by atoms with van der Waals surface area (Å²) < 4.78 is 1.84. The molecule has 0 aliphatic rings. The molecule has 0 unspecified atom stereocenters. The predicted molar refractivity (Wildman–Crippen MR) is 100 cm³/mol. The van der Waals surface area contributed by atoms with Gasteiger partial charge in [0.25, 0.3) is 0 Å². The molecule has 2 amide bonds. The van der Waals surface area contributed by atoms with Gasteiger partial charge in [0, 0.05) is 24.3 Å². The summed E-state index contributed by atoms with van der Waals surface area (Å²) in [5.41, 5.74) is 1.46. The molecule has 0 fully saturated rings. The summed E-state index contributed by atoms with van der Waals surface area (Å²) in [6.07, 6.45) is 0.765. The van der Waals surface area contributed by atoms with E-state index in [1.165, 1.54) is 4.80 Å². The summed E-state index contributed by atoms with van der Waals surface area (Å²) in [6.45, 7) is 7.63. The average Bonchev–Trinajstić information content (AvgIpc) is 3.25. The lowest BCUT2D eigenvalue weighted by molar-refractivity contribution is 0.251. The van der Waals surface area contributed by atoms with Crippen LogP contribution in [0.4, 0.5) is 10.5 Å². The first-order valence-electron chi connectivity index (χ1n) is 8.86. The third-order valence-corrected chi connectivity index (χ3v) is 3.91. The van der Waals surface area contributed by atoms with E-state index in [-0.39, 0.29) is 6.03 Å². The molecule has 27 heavy (non-hydrogen) atoms. The lowest BCUT2D eigenvalue weighted by atomic mass is 10.2. The van der Waals surface area contributed by atoms with Gasteiger partial charge in [0.1, 0.15) is 11.6 Å². The van der Waals surface area contributed by atoms with Gasteiger partial charge in [-0.2, -0.15) is 9.90 Å². The number of amides is 2. The SMILES string of the molecule is CCn1nnc(-c2cccc(NC(=O)NCCCn3nc(C)nc3C)c2)n1. The van der Waals surface area contributed by atoms with Gasteiger partial charge in [0.15, 0.2) is 0 Å². The normalized spacial score (nSPS) is 10.8. The van der Waals surface area contributed by atoms with Gasteiger partial charge in [-0.05, 0) is 44.5 Å². The lowest BCUT2D eigenvalue weighted by Gasteiger charge is -2.08. The fourth-order valence-corrected chi connectivity index (χ4v) is 2.61. The molecule has 0 bridgehead atoms. The zero-order valence-corrected chi connectivity index (χ0v) is 15.7. The van der Waals surface area contributed by atoms with Crippen molar-refractivity contribution in [2.24, 2.45) is 0 Å². The van der Waals surface area contributed by atoms with Gasteiger partial charge in [-0.3, -0.25) is 4.68 Å². The zero-order valence-electron chi connectivity index (χ0n) is 15.7. The Kier molecular flexibility index (Phi) is 5.74. The molecule has 0 spiro atoms. The molecule has 2 heterocycles. The molecule has 0 radical (unpaired) electrons. The number of aryl methyl sites for hydroxylation is 4. The Hall–Kier alpha value is -3.30. The molecule has 3 rings (SSSR count). The molecule has 0 aliphatic carbocycles. The van der Waals surface area contributed by atoms with Crippen molar-refractivity contribution < 1.29 is 4.79 Å². The number of anilines is 1.